The van der Waals surface area contributed by atoms with Gasteiger partial charge in [-0.15, -0.1) is 0 Å². The second-order valence-corrected chi connectivity index (χ2v) is 7.26. The van der Waals surface area contributed by atoms with Gasteiger partial charge in [0, 0.05) is 36.8 Å². The molecule has 0 unspecified atom stereocenters. The summed E-state index contributed by atoms with van der Waals surface area (Å²) in [5.41, 5.74) is 3.35. The number of fused-ring (bicyclic) bond motifs is 1. The van der Waals surface area contributed by atoms with E-state index in [9.17, 15) is 5.26 Å². The molecule has 0 saturated heterocycles. The van der Waals surface area contributed by atoms with Crippen molar-refractivity contribution in [2.75, 3.05) is 6.61 Å². The maximum Gasteiger partial charge on any atom is 0.221 e. The molecule has 5 rings (SSSR count). The molecular weight excluding hydrogens is 376 g/mol. The SMILES string of the molecule is Cc1ccccc1OC[C@@H]1Cc2c(nc(-n3cccc3)c(C#N)c2-n2cccc2)O1. The molecule has 0 amide bonds. The van der Waals surface area contributed by atoms with E-state index in [-0.39, 0.29) is 6.10 Å². The van der Waals surface area contributed by atoms with Crippen LogP contribution in [0, 0.1) is 18.3 Å². The zero-order valence-corrected chi connectivity index (χ0v) is 16.5. The highest BCUT2D eigenvalue weighted by Crippen LogP contribution is 2.37. The van der Waals surface area contributed by atoms with Gasteiger partial charge in [0.05, 0.1) is 5.69 Å². The number of aryl methyl sites for hydroxylation is 1. The lowest BCUT2D eigenvalue weighted by atomic mass is 10.1. The normalized spacial score (nSPS) is 14.7. The Hall–Kier alpha value is -3.98. The van der Waals surface area contributed by atoms with E-state index in [1.807, 2.05) is 89.4 Å². The van der Waals surface area contributed by atoms with Gasteiger partial charge in [-0.1, -0.05) is 18.2 Å². The van der Waals surface area contributed by atoms with Crippen LogP contribution in [0.5, 0.6) is 11.6 Å². The maximum absolute atomic E-state index is 9.99. The van der Waals surface area contributed by atoms with Gasteiger partial charge in [0.1, 0.15) is 30.1 Å². The molecule has 148 valence electrons. The van der Waals surface area contributed by atoms with Crippen LogP contribution in [-0.2, 0) is 6.42 Å². The zero-order chi connectivity index (χ0) is 20.5. The molecule has 0 N–H and O–H groups in total. The van der Waals surface area contributed by atoms with Crippen molar-refractivity contribution in [3.63, 3.8) is 0 Å². The predicted molar refractivity (Wildman–Crippen MR) is 112 cm³/mol. The number of nitrogens with zero attached hydrogens (tertiary/aromatic N) is 4. The van der Waals surface area contributed by atoms with Crippen LogP contribution in [0.25, 0.3) is 11.5 Å². The van der Waals surface area contributed by atoms with E-state index in [1.54, 1.807) is 0 Å². The molecular formula is C24H20N4O2. The van der Waals surface area contributed by atoms with E-state index in [1.165, 1.54) is 0 Å². The van der Waals surface area contributed by atoms with Crippen LogP contribution in [-0.4, -0.2) is 26.8 Å². The molecule has 4 heterocycles. The Labute approximate surface area is 174 Å². The smallest absolute Gasteiger partial charge is 0.221 e. The summed E-state index contributed by atoms with van der Waals surface area (Å²) in [6, 6.07) is 18.0. The third-order valence-electron chi connectivity index (χ3n) is 5.26. The number of pyridine rings is 1. The van der Waals surface area contributed by atoms with Crippen molar-refractivity contribution in [2.45, 2.75) is 19.4 Å². The Morgan fingerprint density at radius 3 is 2.47 bits per heavy atom. The summed E-state index contributed by atoms with van der Waals surface area (Å²) in [7, 11) is 0. The zero-order valence-electron chi connectivity index (χ0n) is 16.5. The van der Waals surface area contributed by atoms with Gasteiger partial charge in [-0.25, -0.2) is 0 Å². The average molecular weight is 396 g/mol. The van der Waals surface area contributed by atoms with Crippen LogP contribution in [0.4, 0.5) is 0 Å². The van der Waals surface area contributed by atoms with E-state index in [2.05, 4.69) is 6.07 Å². The largest absolute Gasteiger partial charge is 0.489 e. The minimum Gasteiger partial charge on any atom is -0.489 e. The summed E-state index contributed by atoms with van der Waals surface area (Å²) >= 11 is 0. The molecule has 1 aromatic carbocycles. The maximum atomic E-state index is 9.99. The minimum absolute atomic E-state index is 0.173. The number of benzene rings is 1. The van der Waals surface area contributed by atoms with Gasteiger partial charge in [0.15, 0.2) is 5.82 Å². The van der Waals surface area contributed by atoms with Crippen LogP contribution >= 0.6 is 0 Å². The second kappa shape index (κ2) is 7.45. The number of hydrogen-bond donors (Lipinski definition) is 0. The molecule has 1 aliphatic rings. The summed E-state index contributed by atoms with van der Waals surface area (Å²) in [5.74, 6) is 1.96. The van der Waals surface area contributed by atoms with Crippen molar-refractivity contribution < 1.29 is 9.47 Å². The van der Waals surface area contributed by atoms with Gasteiger partial charge >= 0.3 is 0 Å². The fourth-order valence-corrected chi connectivity index (χ4v) is 3.81. The van der Waals surface area contributed by atoms with Gasteiger partial charge < -0.3 is 18.6 Å². The Morgan fingerprint density at radius 2 is 1.77 bits per heavy atom. The van der Waals surface area contributed by atoms with E-state index in [0.29, 0.717) is 30.3 Å². The highest BCUT2D eigenvalue weighted by molar-refractivity contribution is 5.65. The number of para-hydroxylation sites is 1. The molecule has 1 atom stereocenters. The molecule has 0 saturated carbocycles. The lowest BCUT2D eigenvalue weighted by molar-refractivity contribution is 0.144. The lowest BCUT2D eigenvalue weighted by Gasteiger charge is -2.14. The molecule has 30 heavy (non-hydrogen) atoms. The Morgan fingerprint density at radius 1 is 1.07 bits per heavy atom. The predicted octanol–water partition coefficient (Wildman–Crippen LogP) is 4.23. The monoisotopic (exact) mass is 396 g/mol. The molecule has 0 radical (unpaired) electrons. The van der Waals surface area contributed by atoms with E-state index >= 15 is 0 Å². The fourth-order valence-electron chi connectivity index (χ4n) is 3.81. The number of aromatic nitrogens is 3. The van der Waals surface area contributed by atoms with Gasteiger partial charge in [-0.2, -0.15) is 10.2 Å². The van der Waals surface area contributed by atoms with Crippen molar-refractivity contribution in [3.05, 3.63) is 90.0 Å². The first kappa shape index (κ1) is 18.1. The standard InChI is InChI=1S/C24H20N4O2/c1-17-8-2-3-9-21(17)29-16-18-14-19-22(27-10-4-5-11-27)20(15-25)23(26-24(19)30-18)28-12-6-7-13-28/h2-13,18H,14,16H2,1H3/t18-/m0/s1. The van der Waals surface area contributed by atoms with Gasteiger partial charge in [0.25, 0.3) is 0 Å². The van der Waals surface area contributed by atoms with E-state index < -0.39 is 0 Å². The Kier molecular flexibility index (Phi) is 4.49. The third kappa shape index (κ3) is 3.11. The minimum atomic E-state index is -0.173. The molecule has 0 spiro atoms. The fraction of sp³-hybridized carbons (Fsp3) is 0.167. The number of hydrogen-bond acceptors (Lipinski definition) is 4. The third-order valence-corrected chi connectivity index (χ3v) is 5.26. The lowest BCUT2D eigenvalue weighted by Crippen LogP contribution is -2.22. The van der Waals surface area contributed by atoms with Crippen molar-refractivity contribution in [1.29, 1.82) is 5.26 Å². The first-order valence-electron chi connectivity index (χ1n) is 9.83. The summed E-state index contributed by atoms with van der Waals surface area (Å²) < 4.78 is 16.0. The summed E-state index contributed by atoms with van der Waals surface area (Å²) in [5, 5.41) is 9.99. The van der Waals surface area contributed by atoms with Gasteiger partial charge in [0.2, 0.25) is 5.88 Å². The van der Waals surface area contributed by atoms with Gasteiger partial charge in [-0.3, -0.25) is 0 Å². The van der Waals surface area contributed by atoms with Crippen LogP contribution in [0.1, 0.15) is 16.7 Å². The molecule has 1 aliphatic heterocycles. The molecule has 0 fully saturated rings. The highest BCUT2D eigenvalue weighted by atomic mass is 16.5. The summed E-state index contributed by atoms with van der Waals surface area (Å²) in [4.78, 5) is 4.71. The first-order chi connectivity index (χ1) is 14.7. The molecule has 0 bridgehead atoms. The second-order valence-electron chi connectivity index (χ2n) is 7.26. The van der Waals surface area contributed by atoms with Crippen molar-refractivity contribution >= 4 is 0 Å². The molecule has 3 aromatic heterocycles. The highest BCUT2D eigenvalue weighted by Gasteiger charge is 2.32. The number of nitriles is 1. The molecule has 6 nitrogen and oxygen atoms in total. The van der Waals surface area contributed by atoms with Crippen LogP contribution in [0.15, 0.2) is 73.3 Å². The first-order valence-corrected chi connectivity index (χ1v) is 9.83. The Bertz CT molecular complexity index is 1220. The van der Waals surface area contributed by atoms with Crippen LogP contribution < -0.4 is 9.47 Å². The number of rotatable bonds is 5. The quantitative estimate of drug-likeness (QED) is 0.506. The molecule has 6 heteroatoms. The summed E-state index contributed by atoms with van der Waals surface area (Å²) in [6.45, 7) is 2.43. The van der Waals surface area contributed by atoms with Gasteiger partial charge in [-0.05, 0) is 42.8 Å². The Balaban J connectivity index is 1.52. The topological polar surface area (TPSA) is 65.0 Å². The van der Waals surface area contributed by atoms with Crippen molar-refractivity contribution in [3.8, 4) is 29.2 Å². The molecule has 4 aromatic rings. The summed E-state index contributed by atoms with van der Waals surface area (Å²) in [6.07, 6.45) is 8.08. The van der Waals surface area contributed by atoms with Crippen molar-refractivity contribution in [2.24, 2.45) is 0 Å². The van der Waals surface area contributed by atoms with E-state index in [4.69, 9.17) is 14.5 Å². The van der Waals surface area contributed by atoms with Crippen LogP contribution in [0.3, 0.4) is 0 Å². The average Bonchev–Trinajstić information content (AvgIpc) is 3.53. The van der Waals surface area contributed by atoms with E-state index in [0.717, 1.165) is 22.6 Å². The molecule has 0 aliphatic carbocycles. The number of ether oxygens (including phenoxy) is 2. The van der Waals surface area contributed by atoms with Crippen LogP contribution in [0.2, 0.25) is 0 Å². The van der Waals surface area contributed by atoms with Crippen molar-refractivity contribution in [1.82, 2.24) is 14.1 Å².